The van der Waals surface area contributed by atoms with Gasteiger partial charge in [0.05, 0.1) is 18.7 Å². The summed E-state index contributed by atoms with van der Waals surface area (Å²) in [7, 11) is 1.87. The molecule has 4 rings (SSSR count). The molecule has 1 N–H and O–H groups in total. The van der Waals surface area contributed by atoms with Crippen LogP contribution in [0.25, 0.3) is 10.9 Å². The van der Waals surface area contributed by atoms with E-state index in [1.54, 1.807) is 23.0 Å². The molecule has 0 spiro atoms. The van der Waals surface area contributed by atoms with Crippen molar-refractivity contribution in [2.24, 2.45) is 7.05 Å². The molecule has 1 aliphatic rings. The van der Waals surface area contributed by atoms with E-state index in [1.807, 2.05) is 31.4 Å². The fraction of sp³-hybridized carbons (Fsp3) is 0.316. The number of nitrogens with zero attached hydrogens (tertiary/aromatic N) is 3. The molecule has 1 saturated heterocycles. The van der Waals surface area contributed by atoms with Crippen molar-refractivity contribution < 1.29 is 14.3 Å². The van der Waals surface area contributed by atoms with Crippen LogP contribution in [0.5, 0.6) is 5.88 Å². The number of ether oxygens (including phenoxy) is 2. The van der Waals surface area contributed by atoms with Crippen molar-refractivity contribution in [3.05, 3.63) is 48.3 Å². The van der Waals surface area contributed by atoms with Crippen molar-refractivity contribution in [2.45, 2.75) is 18.9 Å². The van der Waals surface area contributed by atoms with Crippen LogP contribution < -0.4 is 10.1 Å². The van der Waals surface area contributed by atoms with E-state index >= 15 is 0 Å². The second kappa shape index (κ2) is 7.13. The van der Waals surface area contributed by atoms with E-state index in [-0.39, 0.29) is 12.0 Å². The molecule has 2 aromatic heterocycles. The lowest BCUT2D eigenvalue weighted by molar-refractivity contribution is 0.0237. The van der Waals surface area contributed by atoms with E-state index < -0.39 is 0 Å². The van der Waals surface area contributed by atoms with Gasteiger partial charge in [0.15, 0.2) is 0 Å². The number of hydrogen-bond acceptors (Lipinski definition) is 5. The molecule has 0 aliphatic carbocycles. The first kappa shape index (κ1) is 16.5. The van der Waals surface area contributed by atoms with Gasteiger partial charge in [-0.05, 0) is 24.3 Å². The summed E-state index contributed by atoms with van der Waals surface area (Å²) in [5.74, 6) is 0.254. The van der Waals surface area contributed by atoms with Gasteiger partial charge in [-0.1, -0.05) is 0 Å². The highest BCUT2D eigenvalue weighted by molar-refractivity contribution is 6.05. The van der Waals surface area contributed by atoms with Crippen molar-refractivity contribution in [1.82, 2.24) is 14.8 Å². The molecule has 0 bridgehead atoms. The standard InChI is InChI=1S/C19H20N4O3/c1-23-12-14-2-3-15(11-17(14)22-23)21-19(24)13-4-7-20-18(10-13)26-16-5-8-25-9-6-16/h2-4,7,10-12,16H,5-6,8-9H2,1H3,(H,21,24). The Morgan fingerprint density at radius 1 is 1.27 bits per heavy atom. The summed E-state index contributed by atoms with van der Waals surface area (Å²) in [6.07, 6.45) is 5.28. The van der Waals surface area contributed by atoms with Crippen LogP contribution in [-0.4, -0.2) is 40.0 Å². The number of rotatable bonds is 4. The van der Waals surface area contributed by atoms with Gasteiger partial charge in [0.25, 0.3) is 5.91 Å². The highest BCUT2D eigenvalue weighted by atomic mass is 16.5. The molecule has 0 radical (unpaired) electrons. The third kappa shape index (κ3) is 3.67. The van der Waals surface area contributed by atoms with E-state index in [9.17, 15) is 4.79 Å². The van der Waals surface area contributed by atoms with E-state index in [0.717, 1.165) is 23.7 Å². The van der Waals surface area contributed by atoms with Gasteiger partial charge in [-0.15, -0.1) is 0 Å². The lowest BCUT2D eigenvalue weighted by Gasteiger charge is -2.22. The van der Waals surface area contributed by atoms with Gasteiger partial charge in [-0.25, -0.2) is 4.98 Å². The topological polar surface area (TPSA) is 78.3 Å². The Morgan fingerprint density at radius 2 is 2.12 bits per heavy atom. The molecule has 0 saturated carbocycles. The summed E-state index contributed by atoms with van der Waals surface area (Å²) in [6.45, 7) is 1.39. The molecule has 7 heteroatoms. The fourth-order valence-corrected chi connectivity index (χ4v) is 3.00. The quantitative estimate of drug-likeness (QED) is 0.781. The van der Waals surface area contributed by atoms with Crippen LogP contribution >= 0.6 is 0 Å². The zero-order valence-corrected chi connectivity index (χ0v) is 14.5. The number of amides is 1. The molecule has 7 nitrogen and oxygen atoms in total. The van der Waals surface area contributed by atoms with Gasteiger partial charge in [0.1, 0.15) is 6.10 Å². The maximum atomic E-state index is 12.6. The van der Waals surface area contributed by atoms with E-state index in [1.165, 1.54) is 0 Å². The number of anilines is 1. The molecule has 134 valence electrons. The average Bonchev–Trinajstić information content (AvgIpc) is 3.02. The Balaban J connectivity index is 1.47. The van der Waals surface area contributed by atoms with Crippen LogP contribution in [-0.2, 0) is 11.8 Å². The largest absolute Gasteiger partial charge is 0.474 e. The van der Waals surface area contributed by atoms with E-state index in [0.29, 0.717) is 30.3 Å². The highest BCUT2D eigenvalue weighted by Crippen LogP contribution is 2.20. The number of aryl methyl sites for hydroxylation is 1. The predicted molar refractivity (Wildman–Crippen MR) is 97.4 cm³/mol. The molecule has 3 aromatic rings. The smallest absolute Gasteiger partial charge is 0.255 e. The number of hydrogen-bond donors (Lipinski definition) is 1. The molecule has 1 amide bonds. The predicted octanol–water partition coefficient (Wildman–Crippen LogP) is 2.78. The Hall–Kier alpha value is -2.93. The first-order valence-electron chi connectivity index (χ1n) is 8.62. The zero-order chi connectivity index (χ0) is 17.9. The van der Waals surface area contributed by atoms with Crippen molar-refractivity contribution in [2.75, 3.05) is 18.5 Å². The first-order valence-corrected chi connectivity index (χ1v) is 8.62. The Morgan fingerprint density at radius 3 is 2.96 bits per heavy atom. The average molecular weight is 352 g/mol. The van der Waals surface area contributed by atoms with Crippen LogP contribution in [0.15, 0.2) is 42.7 Å². The Labute approximate surface area is 150 Å². The van der Waals surface area contributed by atoms with Gasteiger partial charge in [0.2, 0.25) is 5.88 Å². The summed E-state index contributed by atoms with van der Waals surface area (Å²) >= 11 is 0. The number of fused-ring (bicyclic) bond motifs is 1. The third-order valence-electron chi connectivity index (χ3n) is 4.33. The number of aromatic nitrogens is 3. The van der Waals surface area contributed by atoms with Crippen molar-refractivity contribution in [3.8, 4) is 5.88 Å². The summed E-state index contributed by atoms with van der Waals surface area (Å²) < 4.78 is 12.9. The van der Waals surface area contributed by atoms with Crippen LogP contribution in [0.4, 0.5) is 5.69 Å². The molecule has 1 aromatic carbocycles. The molecule has 1 fully saturated rings. The number of pyridine rings is 1. The van der Waals surface area contributed by atoms with E-state index in [2.05, 4.69) is 15.4 Å². The van der Waals surface area contributed by atoms with Crippen LogP contribution in [0.3, 0.4) is 0 Å². The molecule has 26 heavy (non-hydrogen) atoms. The minimum Gasteiger partial charge on any atom is -0.474 e. The Kier molecular flexibility index (Phi) is 4.53. The third-order valence-corrected chi connectivity index (χ3v) is 4.33. The highest BCUT2D eigenvalue weighted by Gasteiger charge is 2.17. The van der Waals surface area contributed by atoms with Gasteiger partial charge in [0, 0.05) is 55.0 Å². The van der Waals surface area contributed by atoms with Crippen LogP contribution in [0.2, 0.25) is 0 Å². The second-order valence-electron chi connectivity index (χ2n) is 6.34. The zero-order valence-electron chi connectivity index (χ0n) is 14.5. The van der Waals surface area contributed by atoms with Gasteiger partial charge >= 0.3 is 0 Å². The first-order chi connectivity index (χ1) is 12.7. The molecule has 0 unspecified atom stereocenters. The fourth-order valence-electron chi connectivity index (χ4n) is 3.00. The summed E-state index contributed by atoms with van der Waals surface area (Å²) in [6, 6.07) is 9.00. The Bertz CT molecular complexity index is 931. The summed E-state index contributed by atoms with van der Waals surface area (Å²) in [5, 5.41) is 8.29. The van der Waals surface area contributed by atoms with Gasteiger partial charge < -0.3 is 14.8 Å². The SMILES string of the molecule is Cn1cc2ccc(NC(=O)c3ccnc(OC4CCOCC4)c3)cc2n1. The van der Waals surface area contributed by atoms with Crippen molar-refractivity contribution in [1.29, 1.82) is 0 Å². The lowest BCUT2D eigenvalue weighted by Crippen LogP contribution is -2.26. The number of nitrogens with one attached hydrogen (secondary N) is 1. The number of benzene rings is 1. The lowest BCUT2D eigenvalue weighted by atomic mass is 10.1. The molecule has 3 heterocycles. The molecular formula is C19H20N4O3. The van der Waals surface area contributed by atoms with Crippen molar-refractivity contribution >= 4 is 22.5 Å². The molecular weight excluding hydrogens is 332 g/mol. The van der Waals surface area contributed by atoms with Crippen LogP contribution in [0.1, 0.15) is 23.2 Å². The van der Waals surface area contributed by atoms with E-state index in [4.69, 9.17) is 9.47 Å². The summed E-state index contributed by atoms with van der Waals surface area (Å²) in [4.78, 5) is 16.8. The van der Waals surface area contributed by atoms with Crippen molar-refractivity contribution in [3.63, 3.8) is 0 Å². The number of carbonyl (C=O) groups excluding carboxylic acids is 1. The van der Waals surface area contributed by atoms with Gasteiger partial charge in [-0.2, -0.15) is 5.10 Å². The van der Waals surface area contributed by atoms with Crippen LogP contribution in [0, 0.1) is 0 Å². The maximum absolute atomic E-state index is 12.6. The summed E-state index contributed by atoms with van der Waals surface area (Å²) in [5.41, 5.74) is 2.04. The molecule has 1 aliphatic heterocycles. The van der Waals surface area contributed by atoms with Gasteiger partial charge in [-0.3, -0.25) is 9.48 Å². The second-order valence-corrected chi connectivity index (χ2v) is 6.34. The normalized spacial score (nSPS) is 15.1. The molecule has 0 atom stereocenters. The minimum atomic E-state index is -0.209. The number of carbonyl (C=O) groups is 1. The minimum absolute atomic E-state index is 0.0844. The maximum Gasteiger partial charge on any atom is 0.255 e. The monoisotopic (exact) mass is 352 g/mol.